The summed E-state index contributed by atoms with van der Waals surface area (Å²) in [6.07, 6.45) is 0.00388. The van der Waals surface area contributed by atoms with E-state index in [0.717, 1.165) is 5.56 Å². The van der Waals surface area contributed by atoms with Crippen LogP contribution in [-0.2, 0) is 22.6 Å². The van der Waals surface area contributed by atoms with Crippen molar-refractivity contribution in [3.8, 4) is 16.3 Å². The van der Waals surface area contributed by atoms with E-state index in [0.29, 0.717) is 16.3 Å². The smallest absolute Gasteiger partial charge is 0.387 e. The lowest BCUT2D eigenvalue weighted by atomic mass is 10.1. The fraction of sp³-hybridized carbons (Fsp3) is 0.158. The van der Waals surface area contributed by atoms with Crippen LogP contribution in [-0.4, -0.2) is 17.6 Å². The monoisotopic (exact) mass is 393 g/mol. The third-order valence-corrected chi connectivity index (χ3v) is 4.46. The molecule has 27 heavy (non-hydrogen) atoms. The van der Waals surface area contributed by atoms with Crippen molar-refractivity contribution in [2.75, 3.05) is 0 Å². The number of aromatic nitrogens is 1. The largest absolute Gasteiger partial charge is 0.459 e. The molecular weight excluding hydrogens is 379 g/mol. The lowest BCUT2D eigenvalue weighted by Gasteiger charge is -2.06. The van der Waals surface area contributed by atoms with Crippen LogP contribution < -0.4 is 4.74 Å². The third-order valence-electron chi connectivity index (χ3n) is 3.52. The Morgan fingerprint density at radius 1 is 1.07 bits per heavy atom. The predicted molar refractivity (Wildman–Crippen MR) is 94.1 cm³/mol. The van der Waals surface area contributed by atoms with Gasteiger partial charge < -0.3 is 9.47 Å². The van der Waals surface area contributed by atoms with Crippen LogP contribution in [0.2, 0.25) is 0 Å². The average molecular weight is 393 g/mol. The summed E-state index contributed by atoms with van der Waals surface area (Å²) in [4.78, 5) is 16.3. The molecule has 2 aromatic carbocycles. The van der Waals surface area contributed by atoms with Crippen molar-refractivity contribution < 1.29 is 27.4 Å². The van der Waals surface area contributed by atoms with E-state index in [1.165, 1.54) is 47.7 Å². The van der Waals surface area contributed by atoms with Crippen LogP contribution in [0.15, 0.2) is 53.9 Å². The second-order valence-electron chi connectivity index (χ2n) is 5.51. The molecule has 0 amide bonds. The van der Waals surface area contributed by atoms with E-state index in [1.807, 2.05) is 0 Å². The van der Waals surface area contributed by atoms with Crippen LogP contribution in [0.5, 0.6) is 5.75 Å². The molecule has 3 aromatic rings. The number of benzene rings is 2. The maximum absolute atomic E-state index is 13.0. The molecule has 1 aromatic heterocycles. The molecule has 0 fully saturated rings. The van der Waals surface area contributed by atoms with Crippen LogP contribution in [0.3, 0.4) is 0 Å². The van der Waals surface area contributed by atoms with Gasteiger partial charge in [-0.05, 0) is 42.0 Å². The molecule has 140 valence electrons. The van der Waals surface area contributed by atoms with E-state index in [1.54, 1.807) is 17.5 Å². The number of carbonyl (C=O) groups excluding carboxylic acids is 1. The summed E-state index contributed by atoms with van der Waals surface area (Å²) < 4.78 is 46.6. The van der Waals surface area contributed by atoms with Gasteiger partial charge in [-0.3, -0.25) is 4.79 Å². The van der Waals surface area contributed by atoms with Gasteiger partial charge in [-0.15, -0.1) is 11.3 Å². The lowest BCUT2D eigenvalue weighted by molar-refractivity contribution is -0.144. The molecule has 0 aliphatic rings. The molecule has 0 saturated carbocycles. The Hall–Kier alpha value is -2.87. The van der Waals surface area contributed by atoms with Gasteiger partial charge in [0.2, 0.25) is 0 Å². The summed E-state index contributed by atoms with van der Waals surface area (Å²) in [5.41, 5.74) is 1.99. The minimum atomic E-state index is -2.89. The van der Waals surface area contributed by atoms with E-state index in [4.69, 9.17) is 4.74 Å². The van der Waals surface area contributed by atoms with Crippen molar-refractivity contribution in [2.24, 2.45) is 0 Å². The summed E-state index contributed by atoms with van der Waals surface area (Å²) >= 11 is 1.37. The number of rotatable bonds is 7. The highest BCUT2D eigenvalue weighted by molar-refractivity contribution is 7.13. The molecule has 0 aliphatic carbocycles. The van der Waals surface area contributed by atoms with Crippen molar-refractivity contribution in [2.45, 2.75) is 19.6 Å². The number of alkyl halides is 2. The Bertz CT molecular complexity index is 895. The zero-order valence-corrected chi connectivity index (χ0v) is 14.7. The van der Waals surface area contributed by atoms with Crippen molar-refractivity contribution >= 4 is 17.3 Å². The quantitative estimate of drug-likeness (QED) is 0.539. The van der Waals surface area contributed by atoms with E-state index in [9.17, 15) is 18.0 Å². The minimum Gasteiger partial charge on any atom is -0.459 e. The fourth-order valence-electron chi connectivity index (χ4n) is 2.26. The van der Waals surface area contributed by atoms with Crippen LogP contribution in [0, 0.1) is 5.82 Å². The predicted octanol–water partition coefficient (Wildman–Crippen LogP) is 4.84. The van der Waals surface area contributed by atoms with E-state index < -0.39 is 12.6 Å². The zero-order valence-electron chi connectivity index (χ0n) is 13.9. The lowest BCUT2D eigenvalue weighted by Crippen LogP contribution is -2.08. The molecule has 0 bridgehead atoms. The number of carbonyl (C=O) groups is 1. The molecule has 0 N–H and O–H groups in total. The standard InChI is InChI=1S/C19H14F3NO3S/c20-14-5-3-13(4-6-14)18-23-15(11-27-18)10-25-17(24)9-12-1-7-16(8-2-12)26-19(21)22/h1-8,11,19H,9-10H2. The van der Waals surface area contributed by atoms with E-state index in [-0.39, 0.29) is 24.6 Å². The molecule has 3 rings (SSSR count). The Kier molecular flexibility index (Phi) is 6.08. The number of ether oxygens (including phenoxy) is 2. The maximum atomic E-state index is 13.0. The molecule has 1 heterocycles. The molecule has 0 atom stereocenters. The van der Waals surface area contributed by atoms with Crippen molar-refractivity contribution in [3.63, 3.8) is 0 Å². The molecule has 0 unspecified atom stereocenters. The summed E-state index contributed by atoms with van der Waals surface area (Å²) in [6, 6.07) is 11.7. The first kappa shape index (κ1) is 18.9. The molecule has 0 spiro atoms. The first-order valence-electron chi connectivity index (χ1n) is 7.89. The Balaban J connectivity index is 1.51. The third kappa shape index (κ3) is 5.55. The maximum Gasteiger partial charge on any atom is 0.387 e. The van der Waals surface area contributed by atoms with Crippen LogP contribution in [0.1, 0.15) is 11.3 Å². The SMILES string of the molecule is O=C(Cc1ccc(OC(F)F)cc1)OCc1csc(-c2ccc(F)cc2)n1. The summed E-state index contributed by atoms with van der Waals surface area (Å²) in [5, 5.41) is 2.47. The highest BCUT2D eigenvalue weighted by atomic mass is 32.1. The van der Waals surface area contributed by atoms with E-state index >= 15 is 0 Å². The van der Waals surface area contributed by atoms with Crippen LogP contribution in [0.4, 0.5) is 13.2 Å². The van der Waals surface area contributed by atoms with Crippen LogP contribution >= 0.6 is 11.3 Å². The summed E-state index contributed by atoms with van der Waals surface area (Å²) in [6.45, 7) is -2.87. The Morgan fingerprint density at radius 3 is 2.44 bits per heavy atom. The topological polar surface area (TPSA) is 48.4 Å². The van der Waals surface area contributed by atoms with Gasteiger partial charge in [0.15, 0.2) is 0 Å². The molecule has 0 radical (unpaired) electrons. The first-order valence-corrected chi connectivity index (χ1v) is 8.77. The second-order valence-corrected chi connectivity index (χ2v) is 6.37. The minimum absolute atomic E-state index is 0.00388. The van der Waals surface area contributed by atoms with Gasteiger partial charge in [-0.25, -0.2) is 9.37 Å². The highest BCUT2D eigenvalue weighted by Gasteiger charge is 2.10. The Labute approximate surface area is 157 Å². The summed E-state index contributed by atoms with van der Waals surface area (Å²) in [5.74, 6) is -0.759. The van der Waals surface area contributed by atoms with Gasteiger partial charge in [-0.1, -0.05) is 12.1 Å². The number of halogens is 3. The summed E-state index contributed by atoms with van der Waals surface area (Å²) in [7, 11) is 0. The molecular formula is C19H14F3NO3S. The van der Waals surface area contributed by atoms with Gasteiger partial charge in [0.25, 0.3) is 0 Å². The highest BCUT2D eigenvalue weighted by Crippen LogP contribution is 2.24. The number of esters is 1. The number of hydrogen-bond donors (Lipinski definition) is 0. The van der Waals surface area contributed by atoms with E-state index in [2.05, 4.69) is 9.72 Å². The van der Waals surface area contributed by atoms with Gasteiger partial charge in [0.05, 0.1) is 12.1 Å². The number of hydrogen-bond acceptors (Lipinski definition) is 5. The van der Waals surface area contributed by atoms with Gasteiger partial charge in [0, 0.05) is 10.9 Å². The van der Waals surface area contributed by atoms with Gasteiger partial charge in [0.1, 0.15) is 23.2 Å². The van der Waals surface area contributed by atoms with Crippen molar-refractivity contribution in [3.05, 3.63) is 71.0 Å². The molecule has 0 saturated heterocycles. The number of nitrogens with zero attached hydrogens (tertiary/aromatic N) is 1. The van der Waals surface area contributed by atoms with Crippen molar-refractivity contribution in [1.82, 2.24) is 4.98 Å². The second kappa shape index (κ2) is 8.68. The molecule has 0 aliphatic heterocycles. The normalized spacial score (nSPS) is 10.8. The Morgan fingerprint density at radius 2 is 1.78 bits per heavy atom. The van der Waals surface area contributed by atoms with Crippen molar-refractivity contribution in [1.29, 1.82) is 0 Å². The first-order chi connectivity index (χ1) is 13.0. The molecule has 4 nitrogen and oxygen atoms in total. The van der Waals surface area contributed by atoms with Gasteiger partial charge >= 0.3 is 12.6 Å². The van der Waals surface area contributed by atoms with Crippen LogP contribution in [0.25, 0.3) is 10.6 Å². The number of thiazole rings is 1. The fourth-order valence-corrected chi connectivity index (χ4v) is 3.07. The molecule has 8 heteroatoms. The average Bonchev–Trinajstić information content (AvgIpc) is 3.11. The zero-order chi connectivity index (χ0) is 19.2. The van der Waals surface area contributed by atoms with Gasteiger partial charge in [-0.2, -0.15) is 8.78 Å².